The number of carbonyl (C=O) groups is 2. The first-order chi connectivity index (χ1) is 20.5. The van der Waals surface area contributed by atoms with Gasteiger partial charge in [0.05, 0.1) is 30.6 Å². The fraction of sp³-hybridized carbons (Fsp3) is 0.636. The third-order valence-electron chi connectivity index (χ3n) is 9.00. The van der Waals surface area contributed by atoms with E-state index in [1.165, 1.54) is 0 Å². The van der Waals surface area contributed by atoms with Gasteiger partial charge in [-0.2, -0.15) is 0 Å². The van der Waals surface area contributed by atoms with E-state index in [0.717, 1.165) is 43.5 Å². The first-order valence-electron chi connectivity index (χ1n) is 15.2. The van der Waals surface area contributed by atoms with Crippen LogP contribution in [0.1, 0.15) is 82.8 Å². The summed E-state index contributed by atoms with van der Waals surface area (Å²) in [6.07, 6.45) is 4.39. The number of ether oxygens (including phenoxy) is 5. The van der Waals surface area contributed by atoms with Crippen molar-refractivity contribution in [1.29, 1.82) is 0 Å². The third kappa shape index (κ3) is 6.35. The van der Waals surface area contributed by atoms with Crippen LogP contribution in [0.2, 0.25) is 0 Å². The maximum absolute atomic E-state index is 14.0. The summed E-state index contributed by atoms with van der Waals surface area (Å²) in [6, 6.07) is 4.01. The highest BCUT2D eigenvalue weighted by Gasteiger charge is 2.59. The molecule has 4 atom stereocenters. The summed E-state index contributed by atoms with van der Waals surface area (Å²) in [7, 11) is 1.55. The molecule has 0 bridgehead atoms. The fourth-order valence-corrected chi connectivity index (χ4v) is 6.98. The largest absolute Gasteiger partial charge is 0.497 e. The standard InChI is InChI=1S/C33H43NO9/c1-5-6-7-16-40-27(35)20-33(38,13-8-11-31(2,3)37)30(36)43-29-26(39-4)19-32-12-9-14-34(32)15-10-22-17-24-25(42-21-41-24)18-23(22)28(29)32/h17-19,28-29,37-38H,5,8-16,20-21H2,1-4H3/t28-,29?,32-,33-/m1/s1. The monoisotopic (exact) mass is 597 g/mol. The number of aliphatic hydroxyl groups is 2. The lowest BCUT2D eigenvalue weighted by molar-refractivity contribution is -0.179. The van der Waals surface area contributed by atoms with Crippen LogP contribution in [0.15, 0.2) is 24.0 Å². The molecule has 0 saturated carbocycles. The van der Waals surface area contributed by atoms with Gasteiger partial charge in [0, 0.05) is 13.0 Å². The molecule has 1 aliphatic carbocycles. The number of benzene rings is 1. The maximum atomic E-state index is 14.0. The van der Waals surface area contributed by atoms with Crippen LogP contribution in [0.5, 0.6) is 11.5 Å². The molecule has 1 unspecified atom stereocenters. The molecule has 234 valence electrons. The van der Waals surface area contributed by atoms with Crippen molar-refractivity contribution in [1.82, 2.24) is 4.90 Å². The molecule has 10 nitrogen and oxygen atoms in total. The minimum atomic E-state index is -2.17. The molecule has 4 aliphatic rings. The second kappa shape index (κ2) is 12.4. The average Bonchev–Trinajstić information content (AvgIpc) is 3.64. The zero-order valence-electron chi connectivity index (χ0n) is 25.6. The van der Waals surface area contributed by atoms with Gasteiger partial charge in [0.2, 0.25) is 6.79 Å². The van der Waals surface area contributed by atoms with Crippen molar-refractivity contribution in [3.63, 3.8) is 0 Å². The SMILES string of the molecule is CCC#CCOC(=O)C[C@](O)(CCCC(C)(C)O)C(=O)OC1C(OC)=C[C@@]23CCCN2CCc2cc4c(cc2[C@H]13)OCO4. The van der Waals surface area contributed by atoms with Crippen LogP contribution in [0.3, 0.4) is 0 Å². The van der Waals surface area contributed by atoms with Gasteiger partial charge < -0.3 is 33.9 Å². The first kappa shape index (κ1) is 31.2. The number of methoxy groups -OCH3 is 1. The van der Waals surface area contributed by atoms with E-state index in [1.54, 1.807) is 21.0 Å². The van der Waals surface area contributed by atoms with E-state index in [1.807, 2.05) is 19.1 Å². The predicted octanol–water partition coefficient (Wildman–Crippen LogP) is 3.36. The van der Waals surface area contributed by atoms with Gasteiger partial charge in [0.15, 0.2) is 29.8 Å². The Balaban J connectivity index is 1.46. The molecule has 1 spiro atoms. The highest BCUT2D eigenvalue weighted by Crippen LogP contribution is 2.55. The Morgan fingerprint density at radius 3 is 2.63 bits per heavy atom. The van der Waals surface area contributed by atoms with Crippen molar-refractivity contribution < 1.29 is 43.5 Å². The van der Waals surface area contributed by atoms with Crippen molar-refractivity contribution in [2.24, 2.45) is 0 Å². The van der Waals surface area contributed by atoms with Crippen LogP contribution < -0.4 is 9.47 Å². The van der Waals surface area contributed by atoms with E-state index in [2.05, 4.69) is 22.8 Å². The summed E-state index contributed by atoms with van der Waals surface area (Å²) in [4.78, 5) is 29.2. The van der Waals surface area contributed by atoms with E-state index in [-0.39, 0.29) is 32.2 Å². The highest BCUT2D eigenvalue weighted by molar-refractivity contribution is 5.86. The minimum absolute atomic E-state index is 0.0957. The lowest BCUT2D eigenvalue weighted by Gasteiger charge is -2.39. The van der Waals surface area contributed by atoms with Gasteiger partial charge in [0.1, 0.15) is 5.76 Å². The smallest absolute Gasteiger partial charge is 0.339 e. The first-order valence-corrected chi connectivity index (χ1v) is 15.2. The molecule has 0 aromatic heterocycles. The Morgan fingerprint density at radius 2 is 1.91 bits per heavy atom. The Labute approximate surface area is 253 Å². The van der Waals surface area contributed by atoms with Crippen LogP contribution >= 0.6 is 0 Å². The number of hydrogen-bond donors (Lipinski definition) is 2. The summed E-state index contributed by atoms with van der Waals surface area (Å²) >= 11 is 0. The molecule has 3 aliphatic heterocycles. The van der Waals surface area contributed by atoms with Crippen LogP contribution in [-0.4, -0.2) is 83.5 Å². The number of rotatable bonds is 10. The highest BCUT2D eigenvalue weighted by atomic mass is 16.7. The van der Waals surface area contributed by atoms with E-state index >= 15 is 0 Å². The zero-order chi connectivity index (χ0) is 30.8. The fourth-order valence-electron chi connectivity index (χ4n) is 6.98. The number of nitrogens with zero attached hydrogens (tertiary/aromatic N) is 1. The van der Waals surface area contributed by atoms with Crippen LogP contribution in [-0.2, 0) is 30.2 Å². The molecule has 2 N–H and O–H groups in total. The van der Waals surface area contributed by atoms with Crippen molar-refractivity contribution in [2.45, 2.75) is 101 Å². The summed E-state index contributed by atoms with van der Waals surface area (Å²) in [5.74, 6) is 5.40. The third-order valence-corrected chi connectivity index (χ3v) is 9.00. The number of carbonyl (C=O) groups excluding carboxylic acids is 2. The lowest BCUT2D eigenvalue weighted by Crippen LogP contribution is -2.49. The van der Waals surface area contributed by atoms with Crippen molar-refractivity contribution >= 4 is 11.9 Å². The van der Waals surface area contributed by atoms with Gasteiger partial charge >= 0.3 is 11.9 Å². The second-order valence-corrected chi connectivity index (χ2v) is 12.5. The maximum Gasteiger partial charge on any atom is 0.339 e. The molecule has 1 aromatic rings. The number of esters is 2. The van der Waals surface area contributed by atoms with Crippen molar-refractivity contribution in [3.05, 3.63) is 35.1 Å². The summed E-state index contributed by atoms with van der Waals surface area (Å²) in [5.41, 5.74) is -1.54. The molecular formula is C33H43NO9. The van der Waals surface area contributed by atoms with Gasteiger partial charge in [-0.15, -0.1) is 5.92 Å². The van der Waals surface area contributed by atoms with E-state index in [9.17, 15) is 19.8 Å². The Hall–Kier alpha value is -3.26. The summed E-state index contributed by atoms with van der Waals surface area (Å²) < 4.78 is 28.7. The zero-order valence-corrected chi connectivity index (χ0v) is 25.6. The second-order valence-electron chi connectivity index (χ2n) is 12.5. The molecule has 1 aromatic carbocycles. The molecule has 0 radical (unpaired) electrons. The number of fused-ring (bicyclic) bond motifs is 3. The van der Waals surface area contributed by atoms with Crippen molar-refractivity contribution in [3.8, 4) is 23.3 Å². The topological polar surface area (TPSA) is 124 Å². The summed E-state index contributed by atoms with van der Waals surface area (Å²) in [6.45, 7) is 6.94. The van der Waals surface area contributed by atoms with E-state index < -0.39 is 41.2 Å². The Morgan fingerprint density at radius 1 is 1.14 bits per heavy atom. The number of hydrogen-bond acceptors (Lipinski definition) is 10. The van der Waals surface area contributed by atoms with Gasteiger partial charge in [-0.25, -0.2) is 4.79 Å². The molecule has 10 heteroatoms. The Kier molecular flexibility index (Phi) is 8.98. The van der Waals surface area contributed by atoms with Crippen LogP contribution in [0, 0.1) is 11.8 Å². The van der Waals surface area contributed by atoms with E-state index in [4.69, 9.17) is 23.7 Å². The molecule has 3 heterocycles. The predicted molar refractivity (Wildman–Crippen MR) is 156 cm³/mol. The molecule has 43 heavy (non-hydrogen) atoms. The van der Waals surface area contributed by atoms with Crippen LogP contribution in [0.4, 0.5) is 0 Å². The van der Waals surface area contributed by atoms with Crippen molar-refractivity contribution in [2.75, 3.05) is 33.6 Å². The normalized spacial score (nSPS) is 25.2. The molecule has 1 saturated heterocycles. The van der Waals surface area contributed by atoms with Gasteiger partial charge in [-0.1, -0.05) is 12.8 Å². The summed E-state index contributed by atoms with van der Waals surface area (Å²) in [5, 5.41) is 22.0. The molecular weight excluding hydrogens is 554 g/mol. The lowest BCUT2D eigenvalue weighted by atomic mass is 9.77. The Bertz CT molecular complexity index is 1320. The van der Waals surface area contributed by atoms with Gasteiger partial charge in [0.25, 0.3) is 0 Å². The van der Waals surface area contributed by atoms with Crippen LogP contribution in [0.25, 0.3) is 0 Å². The van der Waals surface area contributed by atoms with Gasteiger partial charge in [-0.3, -0.25) is 9.69 Å². The molecule has 0 amide bonds. The molecule has 1 fully saturated rings. The van der Waals surface area contributed by atoms with Gasteiger partial charge in [-0.05, 0) is 88.3 Å². The van der Waals surface area contributed by atoms with E-state index in [0.29, 0.717) is 30.1 Å². The molecule has 5 rings (SSSR count). The quantitative estimate of drug-likeness (QED) is 0.307. The minimum Gasteiger partial charge on any atom is -0.497 e. The average molecular weight is 598 g/mol.